The Bertz CT molecular complexity index is 701. The maximum atomic E-state index is 5.89. The quantitative estimate of drug-likeness (QED) is 0.618. The highest BCUT2D eigenvalue weighted by molar-refractivity contribution is 7.80. The largest absolute Gasteiger partial charge is 0.341 e. The van der Waals surface area contributed by atoms with E-state index in [2.05, 4.69) is 66.7 Å². The van der Waals surface area contributed by atoms with Gasteiger partial charge in [-0.25, -0.2) is 0 Å². The maximum Gasteiger partial charge on any atom is 0.174 e. The van der Waals surface area contributed by atoms with E-state index >= 15 is 0 Å². The highest BCUT2D eigenvalue weighted by atomic mass is 32.1. The Kier molecular flexibility index (Phi) is 6.13. The molecular weight excluding hydrogens is 344 g/mol. The predicted octanol–water partition coefficient (Wildman–Crippen LogP) is 6.32. The van der Waals surface area contributed by atoms with Crippen molar-refractivity contribution in [2.24, 2.45) is 0 Å². The Morgan fingerprint density at radius 1 is 1.24 bits per heavy atom. The SMILES string of the molecule is Cc1cccc(C(C)C)c1NC(=S)N(Cc1cccs1)C1CCCC1. The van der Waals surface area contributed by atoms with Gasteiger partial charge in [0.25, 0.3) is 0 Å². The number of thiophene rings is 1. The smallest absolute Gasteiger partial charge is 0.174 e. The van der Waals surface area contributed by atoms with Gasteiger partial charge in [0.1, 0.15) is 0 Å². The fourth-order valence-corrected chi connectivity index (χ4v) is 4.69. The van der Waals surface area contributed by atoms with Gasteiger partial charge in [-0.3, -0.25) is 0 Å². The number of hydrogen-bond acceptors (Lipinski definition) is 2. The summed E-state index contributed by atoms with van der Waals surface area (Å²) >= 11 is 7.71. The van der Waals surface area contributed by atoms with Crippen molar-refractivity contribution in [1.82, 2.24) is 4.90 Å². The first-order chi connectivity index (χ1) is 12.1. The second-order valence-electron chi connectivity index (χ2n) is 7.27. The summed E-state index contributed by atoms with van der Waals surface area (Å²) in [5, 5.41) is 6.63. The van der Waals surface area contributed by atoms with Gasteiger partial charge < -0.3 is 10.2 Å². The minimum atomic E-state index is 0.474. The summed E-state index contributed by atoms with van der Waals surface area (Å²) in [6.45, 7) is 7.56. The molecule has 3 rings (SSSR count). The molecule has 0 spiro atoms. The molecule has 25 heavy (non-hydrogen) atoms. The number of anilines is 1. The number of hydrogen-bond donors (Lipinski definition) is 1. The van der Waals surface area contributed by atoms with Gasteiger partial charge in [-0.2, -0.15) is 0 Å². The molecule has 0 radical (unpaired) electrons. The Labute approximate surface area is 161 Å². The van der Waals surface area contributed by atoms with E-state index in [1.165, 1.54) is 47.4 Å². The zero-order valence-corrected chi connectivity index (χ0v) is 17.1. The first-order valence-corrected chi connectivity index (χ1v) is 10.5. The molecule has 1 saturated carbocycles. The predicted molar refractivity (Wildman–Crippen MR) is 114 cm³/mol. The molecule has 1 aliphatic rings. The summed E-state index contributed by atoms with van der Waals surface area (Å²) in [5.41, 5.74) is 3.79. The van der Waals surface area contributed by atoms with Crippen LogP contribution in [0.3, 0.4) is 0 Å². The van der Waals surface area contributed by atoms with Crippen molar-refractivity contribution in [2.45, 2.75) is 65.0 Å². The number of aryl methyl sites for hydroxylation is 1. The molecule has 1 aromatic carbocycles. The summed E-state index contributed by atoms with van der Waals surface area (Å²) in [6.07, 6.45) is 5.13. The zero-order valence-electron chi connectivity index (χ0n) is 15.4. The van der Waals surface area contributed by atoms with E-state index in [-0.39, 0.29) is 0 Å². The summed E-state index contributed by atoms with van der Waals surface area (Å²) in [7, 11) is 0. The normalized spacial score (nSPS) is 14.9. The van der Waals surface area contributed by atoms with E-state index in [9.17, 15) is 0 Å². The summed E-state index contributed by atoms with van der Waals surface area (Å²) in [5.74, 6) is 0.474. The van der Waals surface area contributed by atoms with E-state index in [0.29, 0.717) is 12.0 Å². The minimum Gasteiger partial charge on any atom is -0.341 e. The van der Waals surface area contributed by atoms with Crippen LogP contribution in [-0.2, 0) is 6.54 Å². The van der Waals surface area contributed by atoms with E-state index in [4.69, 9.17) is 12.2 Å². The molecule has 0 aliphatic heterocycles. The second kappa shape index (κ2) is 8.33. The van der Waals surface area contributed by atoms with Crippen LogP contribution in [0.25, 0.3) is 0 Å². The maximum absolute atomic E-state index is 5.89. The van der Waals surface area contributed by atoms with Crippen molar-refractivity contribution in [2.75, 3.05) is 5.32 Å². The molecule has 1 heterocycles. The third-order valence-corrected chi connectivity index (χ3v) is 6.29. The second-order valence-corrected chi connectivity index (χ2v) is 8.69. The molecule has 2 nitrogen and oxygen atoms in total. The van der Waals surface area contributed by atoms with Crippen LogP contribution >= 0.6 is 23.6 Å². The fourth-order valence-electron chi connectivity index (χ4n) is 3.67. The molecule has 0 atom stereocenters. The van der Waals surface area contributed by atoms with Gasteiger partial charge >= 0.3 is 0 Å². The topological polar surface area (TPSA) is 15.3 Å². The van der Waals surface area contributed by atoms with Crippen molar-refractivity contribution in [3.8, 4) is 0 Å². The van der Waals surface area contributed by atoms with Crippen LogP contribution in [0.1, 0.15) is 61.5 Å². The lowest BCUT2D eigenvalue weighted by Gasteiger charge is -2.32. The van der Waals surface area contributed by atoms with Crippen molar-refractivity contribution in [3.63, 3.8) is 0 Å². The Morgan fingerprint density at radius 2 is 2.00 bits per heavy atom. The number of thiocarbonyl (C=S) groups is 1. The third-order valence-electron chi connectivity index (χ3n) is 5.09. The van der Waals surface area contributed by atoms with Gasteiger partial charge in [0, 0.05) is 16.6 Å². The van der Waals surface area contributed by atoms with E-state index in [0.717, 1.165) is 11.7 Å². The molecule has 2 aromatic rings. The Hall–Kier alpha value is -1.39. The lowest BCUT2D eigenvalue weighted by atomic mass is 9.98. The highest BCUT2D eigenvalue weighted by Crippen LogP contribution is 2.30. The van der Waals surface area contributed by atoms with Crippen LogP contribution in [0.15, 0.2) is 35.7 Å². The van der Waals surface area contributed by atoms with Gasteiger partial charge in [-0.1, -0.05) is 51.0 Å². The lowest BCUT2D eigenvalue weighted by Crippen LogP contribution is -2.41. The minimum absolute atomic E-state index is 0.474. The van der Waals surface area contributed by atoms with Crippen molar-refractivity contribution in [1.29, 1.82) is 0 Å². The lowest BCUT2D eigenvalue weighted by molar-refractivity contribution is 0.314. The van der Waals surface area contributed by atoms with Gasteiger partial charge in [-0.15, -0.1) is 11.3 Å². The molecule has 0 unspecified atom stereocenters. The molecule has 1 N–H and O–H groups in total. The number of nitrogens with zero attached hydrogens (tertiary/aromatic N) is 1. The van der Waals surface area contributed by atoms with E-state index < -0.39 is 0 Å². The molecule has 1 fully saturated rings. The first-order valence-electron chi connectivity index (χ1n) is 9.25. The molecule has 1 aliphatic carbocycles. The Morgan fingerprint density at radius 3 is 2.64 bits per heavy atom. The monoisotopic (exact) mass is 372 g/mol. The third kappa shape index (κ3) is 4.42. The number of rotatable bonds is 5. The standard InChI is InChI=1S/C21H28N2S2/c1-15(2)19-12-6-8-16(3)20(19)22-21(24)23(17-9-4-5-10-17)14-18-11-7-13-25-18/h6-8,11-13,15,17H,4-5,9-10,14H2,1-3H3,(H,22,24). The van der Waals surface area contributed by atoms with Crippen molar-refractivity contribution < 1.29 is 0 Å². The number of para-hydroxylation sites is 1. The highest BCUT2D eigenvalue weighted by Gasteiger charge is 2.25. The van der Waals surface area contributed by atoms with Crippen LogP contribution < -0.4 is 5.32 Å². The van der Waals surface area contributed by atoms with Gasteiger partial charge in [0.2, 0.25) is 0 Å². The molecule has 0 amide bonds. The van der Waals surface area contributed by atoms with Crippen LogP contribution in [0, 0.1) is 6.92 Å². The van der Waals surface area contributed by atoms with Crippen molar-refractivity contribution >= 4 is 34.4 Å². The van der Waals surface area contributed by atoms with Gasteiger partial charge in [-0.05, 0) is 60.5 Å². The van der Waals surface area contributed by atoms with Crippen LogP contribution in [0.2, 0.25) is 0 Å². The number of nitrogens with one attached hydrogen (secondary N) is 1. The molecule has 1 aromatic heterocycles. The summed E-state index contributed by atoms with van der Waals surface area (Å²) in [6, 6.07) is 11.4. The first kappa shape index (κ1) is 18.4. The van der Waals surface area contributed by atoms with Gasteiger partial charge in [0.05, 0.1) is 6.54 Å². The van der Waals surface area contributed by atoms with Gasteiger partial charge in [0.15, 0.2) is 5.11 Å². The van der Waals surface area contributed by atoms with Crippen molar-refractivity contribution in [3.05, 3.63) is 51.7 Å². The van der Waals surface area contributed by atoms with E-state index in [1.54, 1.807) is 0 Å². The van der Waals surface area contributed by atoms with Crippen LogP contribution in [-0.4, -0.2) is 16.1 Å². The van der Waals surface area contributed by atoms with Crippen LogP contribution in [0.4, 0.5) is 5.69 Å². The molecule has 4 heteroatoms. The van der Waals surface area contributed by atoms with Crippen LogP contribution in [0.5, 0.6) is 0 Å². The molecule has 0 saturated heterocycles. The fraction of sp³-hybridized carbons (Fsp3) is 0.476. The molecular formula is C21H28N2S2. The summed E-state index contributed by atoms with van der Waals surface area (Å²) < 4.78 is 0. The Balaban J connectivity index is 1.83. The number of benzene rings is 1. The van der Waals surface area contributed by atoms with E-state index in [1.807, 2.05) is 11.3 Å². The molecule has 0 bridgehead atoms. The zero-order chi connectivity index (χ0) is 17.8. The average molecular weight is 373 g/mol. The molecule has 134 valence electrons. The average Bonchev–Trinajstić information content (AvgIpc) is 3.27. The summed E-state index contributed by atoms with van der Waals surface area (Å²) in [4.78, 5) is 3.80.